The van der Waals surface area contributed by atoms with E-state index in [1.54, 1.807) is 0 Å². The quantitative estimate of drug-likeness (QED) is 0.919. The number of nitrogens with zero attached hydrogens (tertiary/aromatic N) is 3. The topological polar surface area (TPSA) is 59.8 Å². The van der Waals surface area contributed by atoms with Crippen molar-refractivity contribution in [3.63, 3.8) is 0 Å². The molecule has 1 N–H and O–H groups in total. The van der Waals surface area contributed by atoms with Crippen LogP contribution >= 0.6 is 0 Å². The summed E-state index contributed by atoms with van der Waals surface area (Å²) in [4.78, 5) is 17.9. The van der Waals surface area contributed by atoms with Gasteiger partial charge < -0.3 is 5.32 Å². The highest BCUT2D eigenvalue weighted by molar-refractivity contribution is 6.06. The molecule has 2 fully saturated rings. The summed E-state index contributed by atoms with van der Waals surface area (Å²) in [6, 6.07) is 2.32. The molecule has 2 aromatic rings. The van der Waals surface area contributed by atoms with Crippen LogP contribution in [-0.4, -0.2) is 26.7 Å². The summed E-state index contributed by atoms with van der Waals surface area (Å²) < 4.78 is 1.81. The largest absolute Gasteiger partial charge is 0.349 e. The zero-order chi connectivity index (χ0) is 17.4. The van der Waals surface area contributed by atoms with Crippen molar-refractivity contribution in [1.29, 1.82) is 0 Å². The maximum Gasteiger partial charge on any atom is 0.252 e. The first-order valence-corrected chi connectivity index (χ1v) is 9.78. The zero-order valence-electron chi connectivity index (χ0n) is 15.3. The molecule has 5 nitrogen and oxygen atoms in total. The van der Waals surface area contributed by atoms with Gasteiger partial charge in [-0.05, 0) is 38.7 Å². The molecule has 0 aromatic carbocycles. The van der Waals surface area contributed by atoms with Crippen LogP contribution in [-0.2, 0) is 7.05 Å². The van der Waals surface area contributed by atoms with E-state index in [0.29, 0.717) is 12.0 Å². The lowest BCUT2D eigenvalue weighted by molar-refractivity contribution is 0.0932. The third-order valence-corrected chi connectivity index (χ3v) is 5.67. The molecule has 0 saturated heterocycles. The van der Waals surface area contributed by atoms with Crippen molar-refractivity contribution in [2.45, 2.75) is 76.7 Å². The SMILES string of the molecule is Cc1nn(C)c2nc(C3CC3)cc(C(=O)NC3CCCCCCC3)c12. The van der Waals surface area contributed by atoms with Crippen LogP contribution in [0.1, 0.15) is 85.5 Å². The van der Waals surface area contributed by atoms with Gasteiger partial charge >= 0.3 is 0 Å². The minimum absolute atomic E-state index is 0.0518. The fraction of sp³-hybridized carbons (Fsp3) is 0.650. The summed E-state index contributed by atoms with van der Waals surface area (Å²) in [5.41, 5.74) is 3.54. The van der Waals surface area contributed by atoms with Crippen molar-refractivity contribution in [2.75, 3.05) is 0 Å². The number of carbonyl (C=O) groups is 1. The zero-order valence-corrected chi connectivity index (χ0v) is 15.3. The highest BCUT2D eigenvalue weighted by Crippen LogP contribution is 2.40. The molecule has 2 aliphatic rings. The molecule has 0 unspecified atom stereocenters. The van der Waals surface area contributed by atoms with Crippen LogP contribution in [0, 0.1) is 6.92 Å². The first-order valence-electron chi connectivity index (χ1n) is 9.78. The Balaban J connectivity index is 1.65. The molecular formula is C20H28N4O. The van der Waals surface area contributed by atoms with Gasteiger partial charge in [0.05, 0.1) is 16.6 Å². The van der Waals surface area contributed by atoms with Gasteiger partial charge in [-0.25, -0.2) is 4.98 Å². The van der Waals surface area contributed by atoms with Gasteiger partial charge in [-0.1, -0.05) is 32.1 Å². The van der Waals surface area contributed by atoms with Crippen LogP contribution < -0.4 is 5.32 Å². The molecule has 2 heterocycles. The van der Waals surface area contributed by atoms with Crippen LogP contribution in [0.3, 0.4) is 0 Å². The lowest BCUT2D eigenvalue weighted by Crippen LogP contribution is -2.35. The summed E-state index contributed by atoms with van der Waals surface area (Å²) >= 11 is 0. The highest BCUT2D eigenvalue weighted by Gasteiger charge is 2.29. The van der Waals surface area contributed by atoms with E-state index in [1.807, 2.05) is 24.7 Å². The molecule has 0 aliphatic heterocycles. The Morgan fingerprint density at radius 1 is 1.12 bits per heavy atom. The number of carbonyl (C=O) groups excluding carboxylic acids is 1. The van der Waals surface area contributed by atoms with E-state index in [2.05, 4.69) is 10.4 Å². The van der Waals surface area contributed by atoms with Gasteiger partial charge in [0, 0.05) is 24.7 Å². The van der Waals surface area contributed by atoms with Crippen LogP contribution in [0.4, 0.5) is 0 Å². The number of fused-ring (bicyclic) bond motifs is 1. The molecule has 1 amide bonds. The van der Waals surface area contributed by atoms with E-state index in [-0.39, 0.29) is 5.91 Å². The minimum atomic E-state index is 0.0518. The van der Waals surface area contributed by atoms with Crippen molar-refractivity contribution in [3.05, 3.63) is 23.0 Å². The third kappa shape index (κ3) is 3.42. The third-order valence-electron chi connectivity index (χ3n) is 5.67. The Labute approximate surface area is 149 Å². The summed E-state index contributed by atoms with van der Waals surface area (Å²) in [5, 5.41) is 8.73. The van der Waals surface area contributed by atoms with Crippen LogP contribution in [0.5, 0.6) is 0 Å². The van der Waals surface area contributed by atoms with Crippen LogP contribution in [0.25, 0.3) is 11.0 Å². The molecule has 5 heteroatoms. The monoisotopic (exact) mass is 340 g/mol. The van der Waals surface area contributed by atoms with Gasteiger partial charge in [0.25, 0.3) is 5.91 Å². The number of rotatable bonds is 3. The van der Waals surface area contributed by atoms with E-state index in [0.717, 1.165) is 40.8 Å². The van der Waals surface area contributed by atoms with Gasteiger partial charge in [-0.2, -0.15) is 5.10 Å². The predicted molar refractivity (Wildman–Crippen MR) is 98.8 cm³/mol. The Morgan fingerprint density at radius 3 is 2.48 bits per heavy atom. The maximum absolute atomic E-state index is 13.1. The molecule has 2 aromatic heterocycles. The Kier molecular flexibility index (Phi) is 4.48. The summed E-state index contributed by atoms with van der Waals surface area (Å²) in [6.45, 7) is 1.97. The second kappa shape index (κ2) is 6.77. The summed E-state index contributed by atoms with van der Waals surface area (Å²) in [7, 11) is 1.91. The van der Waals surface area contributed by atoms with Crippen molar-refractivity contribution in [2.24, 2.45) is 7.05 Å². The van der Waals surface area contributed by atoms with Gasteiger partial charge in [-0.3, -0.25) is 9.48 Å². The lowest BCUT2D eigenvalue weighted by atomic mass is 9.96. The molecule has 2 saturated carbocycles. The number of amides is 1. The summed E-state index contributed by atoms with van der Waals surface area (Å²) in [5.74, 6) is 0.573. The average Bonchev–Trinajstić information content (AvgIpc) is 3.36. The molecule has 0 radical (unpaired) electrons. The predicted octanol–water partition coefficient (Wildman–Crippen LogP) is 4.00. The molecule has 0 bridgehead atoms. The number of hydrogen-bond acceptors (Lipinski definition) is 3. The number of nitrogens with one attached hydrogen (secondary N) is 1. The lowest BCUT2D eigenvalue weighted by Gasteiger charge is -2.21. The molecule has 4 rings (SSSR count). The molecule has 0 spiro atoms. The fourth-order valence-electron chi connectivity index (χ4n) is 4.10. The van der Waals surface area contributed by atoms with Crippen molar-refractivity contribution >= 4 is 16.9 Å². The van der Waals surface area contributed by atoms with E-state index in [1.165, 1.54) is 44.9 Å². The van der Waals surface area contributed by atoms with Gasteiger partial charge in [0.15, 0.2) is 5.65 Å². The highest BCUT2D eigenvalue weighted by atomic mass is 16.1. The Hall–Kier alpha value is -1.91. The second-order valence-corrected chi connectivity index (χ2v) is 7.79. The van der Waals surface area contributed by atoms with Gasteiger partial charge in [0.1, 0.15) is 0 Å². The fourth-order valence-corrected chi connectivity index (χ4v) is 4.10. The first kappa shape index (κ1) is 16.6. The first-order chi connectivity index (χ1) is 12.1. The van der Waals surface area contributed by atoms with Crippen molar-refractivity contribution < 1.29 is 4.79 Å². The molecular weight excluding hydrogens is 312 g/mol. The van der Waals surface area contributed by atoms with Gasteiger partial charge in [-0.15, -0.1) is 0 Å². The number of aryl methyl sites for hydroxylation is 2. The second-order valence-electron chi connectivity index (χ2n) is 7.79. The van der Waals surface area contributed by atoms with E-state index < -0.39 is 0 Å². The number of aromatic nitrogens is 3. The molecule has 134 valence electrons. The van der Waals surface area contributed by atoms with Crippen molar-refractivity contribution in [3.8, 4) is 0 Å². The molecule has 0 atom stereocenters. The van der Waals surface area contributed by atoms with Gasteiger partial charge in [0.2, 0.25) is 0 Å². The van der Waals surface area contributed by atoms with E-state index in [4.69, 9.17) is 4.98 Å². The normalized spacial score (nSPS) is 19.6. The van der Waals surface area contributed by atoms with Crippen LogP contribution in [0.2, 0.25) is 0 Å². The Morgan fingerprint density at radius 2 is 1.80 bits per heavy atom. The molecule has 25 heavy (non-hydrogen) atoms. The standard InChI is InChI=1S/C20H28N4O/c1-13-18-16(20(25)21-15-8-6-4-3-5-7-9-15)12-17(14-10-11-14)22-19(18)24(2)23-13/h12,14-15H,3-11H2,1-2H3,(H,21,25). The van der Waals surface area contributed by atoms with E-state index >= 15 is 0 Å². The van der Waals surface area contributed by atoms with Crippen molar-refractivity contribution in [1.82, 2.24) is 20.1 Å². The molecule has 2 aliphatic carbocycles. The number of pyridine rings is 1. The van der Waals surface area contributed by atoms with E-state index in [9.17, 15) is 4.79 Å². The average molecular weight is 340 g/mol. The maximum atomic E-state index is 13.1. The smallest absolute Gasteiger partial charge is 0.252 e. The number of hydrogen-bond donors (Lipinski definition) is 1. The minimum Gasteiger partial charge on any atom is -0.349 e. The summed E-state index contributed by atoms with van der Waals surface area (Å²) in [6.07, 6.45) is 10.9. The van der Waals surface area contributed by atoms with Crippen LogP contribution in [0.15, 0.2) is 6.07 Å². The Bertz CT molecular complexity index is 783.